The van der Waals surface area contributed by atoms with Crippen LogP contribution in [0.25, 0.3) is 5.65 Å². The normalized spacial score (nSPS) is 10.4. The van der Waals surface area contributed by atoms with Crippen molar-refractivity contribution < 1.29 is 9.18 Å². The SMILES string of the molecule is O=C(Nc1ccc(F)cc1)Nc1cnc2ccnn2c1. The molecule has 0 bridgehead atoms. The number of benzene rings is 1. The quantitative estimate of drug-likeness (QED) is 0.752. The van der Waals surface area contributed by atoms with E-state index in [1.54, 1.807) is 23.0 Å². The highest BCUT2D eigenvalue weighted by Crippen LogP contribution is 2.10. The first-order valence-electron chi connectivity index (χ1n) is 5.84. The van der Waals surface area contributed by atoms with Gasteiger partial charge in [-0.2, -0.15) is 5.10 Å². The molecule has 0 saturated heterocycles. The summed E-state index contributed by atoms with van der Waals surface area (Å²) in [4.78, 5) is 15.9. The number of hydrogen-bond acceptors (Lipinski definition) is 3. The van der Waals surface area contributed by atoms with E-state index in [0.717, 1.165) is 0 Å². The van der Waals surface area contributed by atoms with Crippen molar-refractivity contribution in [2.75, 3.05) is 10.6 Å². The average molecular weight is 271 g/mol. The Morgan fingerprint density at radius 3 is 2.65 bits per heavy atom. The maximum atomic E-state index is 12.7. The van der Waals surface area contributed by atoms with Gasteiger partial charge in [-0.1, -0.05) is 0 Å². The number of carbonyl (C=O) groups is 1. The molecule has 2 N–H and O–H groups in total. The van der Waals surface area contributed by atoms with Gasteiger partial charge in [0.05, 0.1) is 24.3 Å². The summed E-state index contributed by atoms with van der Waals surface area (Å²) in [7, 11) is 0. The molecule has 3 rings (SSSR count). The van der Waals surface area contributed by atoms with Crippen LogP contribution in [0, 0.1) is 5.82 Å². The van der Waals surface area contributed by atoms with E-state index in [4.69, 9.17) is 0 Å². The van der Waals surface area contributed by atoms with Gasteiger partial charge in [0.25, 0.3) is 0 Å². The van der Waals surface area contributed by atoms with Gasteiger partial charge in [0.1, 0.15) is 5.82 Å². The standard InChI is InChI=1S/C13H10FN5O/c14-9-1-3-10(4-2-9)17-13(20)18-11-7-15-12-5-6-16-19(12)8-11/h1-8H,(H2,17,18,20). The molecule has 6 nitrogen and oxygen atoms in total. The summed E-state index contributed by atoms with van der Waals surface area (Å²) in [5, 5.41) is 9.23. The number of fused-ring (bicyclic) bond motifs is 1. The fourth-order valence-electron chi connectivity index (χ4n) is 1.70. The first-order valence-corrected chi connectivity index (χ1v) is 5.84. The van der Waals surface area contributed by atoms with E-state index in [-0.39, 0.29) is 5.82 Å². The summed E-state index contributed by atoms with van der Waals surface area (Å²) in [6.07, 6.45) is 4.79. The lowest BCUT2D eigenvalue weighted by Crippen LogP contribution is -2.19. The number of hydrogen-bond donors (Lipinski definition) is 2. The van der Waals surface area contributed by atoms with Crippen molar-refractivity contribution in [3.05, 3.63) is 54.7 Å². The van der Waals surface area contributed by atoms with Gasteiger partial charge in [-0.3, -0.25) is 0 Å². The lowest BCUT2D eigenvalue weighted by Gasteiger charge is -2.07. The molecule has 0 fully saturated rings. The number of carbonyl (C=O) groups excluding carboxylic acids is 1. The molecule has 7 heteroatoms. The van der Waals surface area contributed by atoms with Crippen molar-refractivity contribution in [3.8, 4) is 0 Å². The number of rotatable bonds is 2. The Morgan fingerprint density at radius 1 is 1.10 bits per heavy atom. The lowest BCUT2D eigenvalue weighted by molar-refractivity contribution is 0.262. The molecule has 0 saturated carbocycles. The summed E-state index contributed by atoms with van der Waals surface area (Å²) in [5.74, 6) is -0.357. The fourth-order valence-corrected chi connectivity index (χ4v) is 1.70. The molecule has 1 aromatic carbocycles. The maximum absolute atomic E-state index is 12.7. The molecule has 0 aliphatic heterocycles. The van der Waals surface area contributed by atoms with Crippen LogP contribution < -0.4 is 10.6 Å². The summed E-state index contributed by atoms with van der Waals surface area (Å²) in [6, 6.07) is 6.81. The third-order valence-corrected chi connectivity index (χ3v) is 2.61. The van der Waals surface area contributed by atoms with Gasteiger partial charge in [-0.05, 0) is 24.3 Å². The van der Waals surface area contributed by atoms with Crippen molar-refractivity contribution in [1.29, 1.82) is 0 Å². The second-order valence-electron chi connectivity index (χ2n) is 4.06. The maximum Gasteiger partial charge on any atom is 0.323 e. The van der Waals surface area contributed by atoms with E-state index in [1.807, 2.05) is 0 Å². The van der Waals surface area contributed by atoms with E-state index >= 15 is 0 Å². The number of urea groups is 1. The number of amides is 2. The Balaban J connectivity index is 1.70. The molecule has 0 aliphatic rings. The molecule has 2 aromatic heterocycles. The van der Waals surface area contributed by atoms with Crippen molar-refractivity contribution in [2.45, 2.75) is 0 Å². The van der Waals surface area contributed by atoms with Crippen molar-refractivity contribution >= 4 is 23.1 Å². The van der Waals surface area contributed by atoms with Crippen LogP contribution in [0.5, 0.6) is 0 Å². The van der Waals surface area contributed by atoms with Crippen LogP contribution in [0.1, 0.15) is 0 Å². The Labute approximate surface area is 113 Å². The molecule has 20 heavy (non-hydrogen) atoms. The van der Waals surface area contributed by atoms with Crippen LogP contribution in [-0.4, -0.2) is 20.6 Å². The zero-order valence-electron chi connectivity index (χ0n) is 10.2. The molecule has 3 aromatic rings. The van der Waals surface area contributed by atoms with Crippen LogP contribution in [0.2, 0.25) is 0 Å². The lowest BCUT2D eigenvalue weighted by atomic mass is 10.3. The zero-order valence-corrected chi connectivity index (χ0v) is 10.2. The average Bonchev–Trinajstić information content (AvgIpc) is 2.89. The minimum atomic E-state index is -0.440. The Morgan fingerprint density at radius 2 is 1.85 bits per heavy atom. The molecular formula is C13H10FN5O. The number of halogens is 1. The predicted octanol–water partition coefficient (Wildman–Crippen LogP) is 2.51. The van der Waals surface area contributed by atoms with Gasteiger partial charge in [-0.15, -0.1) is 0 Å². The highest BCUT2D eigenvalue weighted by Gasteiger charge is 2.04. The predicted molar refractivity (Wildman–Crippen MR) is 72.0 cm³/mol. The van der Waals surface area contributed by atoms with Gasteiger partial charge < -0.3 is 10.6 Å². The molecule has 2 amide bonds. The number of nitrogens with zero attached hydrogens (tertiary/aromatic N) is 3. The highest BCUT2D eigenvalue weighted by molar-refractivity contribution is 5.99. The van der Waals surface area contributed by atoms with E-state index < -0.39 is 6.03 Å². The molecule has 0 aliphatic carbocycles. The van der Waals surface area contributed by atoms with Crippen molar-refractivity contribution in [3.63, 3.8) is 0 Å². The third-order valence-electron chi connectivity index (χ3n) is 2.61. The first kappa shape index (κ1) is 12.1. The van der Waals surface area contributed by atoms with Crippen LogP contribution >= 0.6 is 0 Å². The minimum Gasteiger partial charge on any atom is -0.308 e. The molecule has 0 unspecified atom stereocenters. The Hall–Kier alpha value is -2.96. The van der Waals surface area contributed by atoms with Crippen molar-refractivity contribution in [2.24, 2.45) is 0 Å². The summed E-state index contributed by atoms with van der Waals surface area (Å²) in [5.41, 5.74) is 1.69. The Bertz CT molecular complexity index is 753. The zero-order chi connectivity index (χ0) is 13.9. The first-order chi connectivity index (χ1) is 9.70. The number of anilines is 2. The molecule has 0 spiro atoms. The van der Waals surface area contributed by atoms with Crippen molar-refractivity contribution in [1.82, 2.24) is 14.6 Å². The van der Waals surface area contributed by atoms with Gasteiger partial charge in [-0.25, -0.2) is 18.7 Å². The fraction of sp³-hybridized carbons (Fsp3) is 0. The van der Waals surface area contributed by atoms with Gasteiger partial charge >= 0.3 is 6.03 Å². The van der Waals surface area contributed by atoms with Gasteiger partial charge in [0, 0.05) is 11.8 Å². The number of nitrogens with one attached hydrogen (secondary N) is 2. The van der Waals surface area contributed by atoms with E-state index in [9.17, 15) is 9.18 Å². The van der Waals surface area contributed by atoms with Gasteiger partial charge in [0.2, 0.25) is 0 Å². The largest absolute Gasteiger partial charge is 0.323 e. The van der Waals surface area contributed by atoms with Crippen LogP contribution in [0.3, 0.4) is 0 Å². The molecule has 2 heterocycles. The molecule has 0 atom stereocenters. The Kier molecular flexibility index (Phi) is 3.00. The second-order valence-corrected chi connectivity index (χ2v) is 4.06. The highest BCUT2D eigenvalue weighted by atomic mass is 19.1. The van der Waals surface area contributed by atoms with E-state index in [0.29, 0.717) is 17.0 Å². The summed E-state index contributed by atoms with van der Waals surface area (Å²) >= 11 is 0. The molecule has 0 radical (unpaired) electrons. The summed E-state index contributed by atoms with van der Waals surface area (Å²) in [6.45, 7) is 0. The minimum absolute atomic E-state index is 0.357. The smallest absolute Gasteiger partial charge is 0.308 e. The number of aromatic nitrogens is 3. The molecule has 100 valence electrons. The molecular weight excluding hydrogens is 261 g/mol. The van der Waals surface area contributed by atoms with Gasteiger partial charge in [0.15, 0.2) is 5.65 Å². The topological polar surface area (TPSA) is 71.3 Å². The van der Waals surface area contributed by atoms with Crippen LogP contribution in [0.15, 0.2) is 48.9 Å². The van der Waals surface area contributed by atoms with Crippen LogP contribution in [0.4, 0.5) is 20.6 Å². The summed E-state index contributed by atoms with van der Waals surface area (Å²) < 4.78 is 14.3. The third kappa shape index (κ3) is 2.56. The van der Waals surface area contributed by atoms with E-state index in [1.165, 1.54) is 30.5 Å². The van der Waals surface area contributed by atoms with Crippen LogP contribution in [-0.2, 0) is 0 Å². The second kappa shape index (κ2) is 4.96. The van der Waals surface area contributed by atoms with E-state index in [2.05, 4.69) is 20.7 Å². The monoisotopic (exact) mass is 271 g/mol.